The van der Waals surface area contributed by atoms with E-state index in [0.717, 1.165) is 24.0 Å². The Bertz CT molecular complexity index is 1350. The molecule has 2 saturated carbocycles. The lowest BCUT2D eigenvalue weighted by Gasteiger charge is -2.21. The molecule has 0 spiro atoms. The molecule has 0 radical (unpaired) electrons. The molecule has 178 valence electrons. The number of pyridine rings is 1. The first-order valence-corrected chi connectivity index (χ1v) is 13.0. The molecule has 3 heterocycles. The van der Waals surface area contributed by atoms with Gasteiger partial charge in [-0.1, -0.05) is 0 Å². The van der Waals surface area contributed by atoms with Crippen molar-refractivity contribution in [1.82, 2.24) is 28.7 Å². The Hall–Kier alpha value is -3.30. The van der Waals surface area contributed by atoms with E-state index in [-0.39, 0.29) is 23.0 Å². The summed E-state index contributed by atoms with van der Waals surface area (Å²) in [5, 5.41) is 20.1. The Morgan fingerprint density at radius 1 is 1.26 bits per heavy atom. The third kappa shape index (κ3) is 4.80. The van der Waals surface area contributed by atoms with Crippen LogP contribution >= 0.6 is 0 Å². The molecule has 0 bridgehead atoms. The van der Waals surface area contributed by atoms with Gasteiger partial charge in [-0.2, -0.15) is 19.6 Å². The third-order valence-corrected chi connectivity index (χ3v) is 8.47. The number of rotatable bonds is 11. The van der Waals surface area contributed by atoms with E-state index in [0.29, 0.717) is 51.0 Å². The van der Waals surface area contributed by atoms with Crippen molar-refractivity contribution in [2.45, 2.75) is 50.3 Å². The highest BCUT2D eigenvalue weighted by atomic mass is 32.2. The maximum Gasteiger partial charge on any atom is 0.249 e. The summed E-state index contributed by atoms with van der Waals surface area (Å²) in [6, 6.07) is 5.83. The zero-order valence-corrected chi connectivity index (χ0v) is 19.5. The second kappa shape index (κ2) is 9.15. The van der Waals surface area contributed by atoms with Crippen LogP contribution in [-0.4, -0.2) is 61.3 Å². The number of hydrogen-bond acceptors (Lipinski definition) is 7. The zero-order valence-electron chi connectivity index (χ0n) is 18.7. The van der Waals surface area contributed by atoms with Crippen LogP contribution in [0.25, 0.3) is 16.8 Å². The molecule has 0 aliphatic heterocycles. The van der Waals surface area contributed by atoms with Crippen LogP contribution in [0.3, 0.4) is 0 Å². The fraction of sp³-hybridized carbons (Fsp3) is 0.500. The Labute approximate surface area is 197 Å². The number of nitrogens with zero attached hydrogens (tertiary/aromatic N) is 7. The second-order valence-corrected chi connectivity index (χ2v) is 11.0. The fourth-order valence-corrected chi connectivity index (χ4v) is 5.73. The quantitative estimate of drug-likeness (QED) is 0.413. The van der Waals surface area contributed by atoms with E-state index in [1.54, 1.807) is 21.6 Å². The zero-order chi connectivity index (χ0) is 23.7. The van der Waals surface area contributed by atoms with Crippen molar-refractivity contribution in [3.63, 3.8) is 0 Å². The molecule has 11 nitrogen and oxygen atoms in total. The number of hydrogen-bond donors (Lipinski definition) is 1. The molecule has 1 N–H and O–H groups in total. The number of fused-ring (bicyclic) bond motifs is 1. The van der Waals surface area contributed by atoms with Crippen LogP contribution in [0, 0.1) is 17.2 Å². The first-order chi connectivity index (χ1) is 16.5. The van der Waals surface area contributed by atoms with E-state index >= 15 is 0 Å². The number of unbranched alkanes of at least 4 members (excludes halogenated alkanes) is 1. The molecule has 0 saturated heterocycles. The standard InChI is InChI=1S/C22H26N8O3S/c23-9-1-2-10-29(34(32,33)18-7-8-18)13-12-28-15-17(14-24-28)19-4-3-11-30-20(19)25-22(27-30)26-21(31)16-5-6-16/h3-4,11,14-16,18H,1-2,5-8,10,12-13H2,(H,26,27,31). The highest BCUT2D eigenvalue weighted by Crippen LogP contribution is 2.32. The predicted molar refractivity (Wildman–Crippen MR) is 124 cm³/mol. The molecule has 0 atom stereocenters. The monoisotopic (exact) mass is 482 g/mol. The van der Waals surface area contributed by atoms with Crippen LogP contribution in [-0.2, 0) is 21.4 Å². The number of anilines is 1. The minimum absolute atomic E-state index is 0.0502. The average molecular weight is 483 g/mol. The van der Waals surface area contributed by atoms with Crippen molar-refractivity contribution >= 4 is 27.5 Å². The molecular formula is C22H26N8O3S. The molecule has 2 aliphatic carbocycles. The van der Waals surface area contributed by atoms with E-state index in [1.165, 1.54) is 4.31 Å². The summed E-state index contributed by atoms with van der Waals surface area (Å²) in [6.07, 6.45) is 9.39. The van der Waals surface area contributed by atoms with Gasteiger partial charge in [-0.25, -0.2) is 12.9 Å². The lowest BCUT2D eigenvalue weighted by atomic mass is 10.1. The maximum absolute atomic E-state index is 12.8. The highest BCUT2D eigenvalue weighted by molar-refractivity contribution is 7.90. The van der Waals surface area contributed by atoms with Gasteiger partial charge >= 0.3 is 0 Å². The van der Waals surface area contributed by atoms with Gasteiger partial charge in [0.05, 0.1) is 24.1 Å². The minimum atomic E-state index is -3.33. The minimum Gasteiger partial charge on any atom is -0.293 e. The molecule has 12 heteroatoms. The van der Waals surface area contributed by atoms with Crippen molar-refractivity contribution in [3.05, 3.63) is 30.7 Å². The van der Waals surface area contributed by atoms with Crippen LogP contribution in [0.15, 0.2) is 30.7 Å². The molecule has 3 aromatic rings. The van der Waals surface area contributed by atoms with Crippen molar-refractivity contribution in [2.24, 2.45) is 5.92 Å². The summed E-state index contributed by atoms with van der Waals surface area (Å²) >= 11 is 0. The van der Waals surface area contributed by atoms with Gasteiger partial charge in [0.15, 0.2) is 5.65 Å². The van der Waals surface area contributed by atoms with Crippen molar-refractivity contribution in [1.29, 1.82) is 5.26 Å². The van der Waals surface area contributed by atoms with E-state index in [1.807, 2.05) is 18.3 Å². The summed E-state index contributed by atoms with van der Waals surface area (Å²) in [5.41, 5.74) is 2.23. The number of carbonyl (C=O) groups excluding carboxylic acids is 1. The smallest absolute Gasteiger partial charge is 0.249 e. The van der Waals surface area contributed by atoms with Gasteiger partial charge in [0.2, 0.25) is 21.9 Å². The topological polar surface area (TPSA) is 138 Å². The van der Waals surface area contributed by atoms with Gasteiger partial charge in [-0.3, -0.25) is 14.8 Å². The number of sulfonamides is 1. The number of carbonyl (C=O) groups is 1. The second-order valence-electron chi connectivity index (χ2n) is 8.79. The Kier molecular flexibility index (Phi) is 6.05. The Morgan fingerprint density at radius 2 is 2.09 bits per heavy atom. The molecule has 0 aromatic carbocycles. The number of aromatic nitrogens is 5. The van der Waals surface area contributed by atoms with Crippen molar-refractivity contribution in [2.75, 3.05) is 18.4 Å². The van der Waals surface area contributed by atoms with Crippen LogP contribution < -0.4 is 5.32 Å². The number of amides is 1. The summed E-state index contributed by atoms with van der Waals surface area (Å²) in [4.78, 5) is 16.6. The van der Waals surface area contributed by atoms with Crippen LogP contribution in [0.2, 0.25) is 0 Å². The Morgan fingerprint density at radius 3 is 2.82 bits per heavy atom. The van der Waals surface area contributed by atoms with Gasteiger partial charge in [0, 0.05) is 48.9 Å². The predicted octanol–water partition coefficient (Wildman–Crippen LogP) is 2.04. The van der Waals surface area contributed by atoms with Gasteiger partial charge in [0.25, 0.3) is 0 Å². The SMILES string of the molecule is N#CCCCN(CCn1cc(-c2cccn3nc(NC(=O)C4CC4)nc23)cn1)S(=O)(=O)C1CC1. The summed E-state index contributed by atoms with van der Waals surface area (Å²) in [7, 11) is -3.33. The molecule has 2 fully saturated rings. The van der Waals surface area contributed by atoms with E-state index in [2.05, 4.69) is 26.6 Å². The summed E-state index contributed by atoms with van der Waals surface area (Å²) in [6.45, 7) is 1.05. The maximum atomic E-state index is 12.8. The average Bonchev–Trinajstić information content (AvgIpc) is 3.75. The van der Waals surface area contributed by atoms with Gasteiger partial charge in [-0.15, -0.1) is 5.10 Å². The fourth-order valence-electron chi connectivity index (χ4n) is 3.86. The van der Waals surface area contributed by atoms with Crippen LogP contribution in [0.5, 0.6) is 0 Å². The molecule has 3 aromatic heterocycles. The third-order valence-electron chi connectivity index (χ3n) is 6.07. The molecule has 2 aliphatic rings. The summed E-state index contributed by atoms with van der Waals surface area (Å²) in [5.74, 6) is 0.285. The largest absolute Gasteiger partial charge is 0.293 e. The van der Waals surface area contributed by atoms with Crippen LogP contribution in [0.1, 0.15) is 38.5 Å². The van der Waals surface area contributed by atoms with Crippen LogP contribution in [0.4, 0.5) is 5.95 Å². The van der Waals surface area contributed by atoms with Gasteiger partial charge in [0.1, 0.15) is 0 Å². The van der Waals surface area contributed by atoms with Crippen molar-refractivity contribution < 1.29 is 13.2 Å². The molecular weight excluding hydrogens is 456 g/mol. The highest BCUT2D eigenvalue weighted by Gasteiger charge is 2.39. The van der Waals surface area contributed by atoms with E-state index in [9.17, 15) is 13.2 Å². The molecule has 34 heavy (non-hydrogen) atoms. The molecule has 0 unspecified atom stereocenters. The lowest BCUT2D eigenvalue weighted by molar-refractivity contribution is -0.117. The van der Waals surface area contributed by atoms with E-state index < -0.39 is 10.0 Å². The molecule has 5 rings (SSSR count). The first-order valence-electron chi connectivity index (χ1n) is 11.5. The number of nitrogens with one attached hydrogen (secondary N) is 1. The Balaban J connectivity index is 1.30. The lowest BCUT2D eigenvalue weighted by Crippen LogP contribution is -2.37. The van der Waals surface area contributed by atoms with Gasteiger partial charge in [-0.05, 0) is 44.2 Å². The number of nitriles is 1. The van der Waals surface area contributed by atoms with E-state index in [4.69, 9.17) is 5.26 Å². The van der Waals surface area contributed by atoms with Crippen molar-refractivity contribution in [3.8, 4) is 17.2 Å². The normalized spacial score (nSPS) is 16.1. The molecule has 1 amide bonds. The first kappa shape index (κ1) is 22.5. The van der Waals surface area contributed by atoms with Gasteiger partial charge < -0.3 is 0 Å². The summed E-state index contributed by atoms with van der Waals surface area (Å²) < 4.78 is 30.4.